The number of hydrogen-bond donors (Lipinski definition) is 1. The molecule has 1 aliphatic heterocycles. The number of aromatic nitrogens is 2. The minimum absolute atomic E-state index is 0.721. The average molecular weight is 193 g/mol. The Kier molecular flexibility index (Phi) is 2.87. The van der Waals surface area contributed by atoms with Gasteiger partial charge >= 0.3 is 0 Å². The van der Waals surface area contributed by atoms with Gasteiger partial charge in [-0.3, -0.25) is 4.68 Å². The number of rotatable bonds is 2. The Balaban J connectivity index is 2.23. The maximum atomic E-state index is 4.41. The molecule has 1 fully saturated rings. The highest BCUT2D eigenvalue weighted by Crippen LogP contribution is 2.27. The van der Waals surface area contributed by atoms with E-state index in [1.807, 2.05) is 6.20 Å². The lowest BCUT2D eigenvalue weighted by molar-refractivity contribution is 0.431. The van der Waals surface area contributed by atoms with E-state index < -0.39 is 0 Å². The Bertz CT molecular complexity index is 297. The van der Waals surface area contributed by atoms with Crippen LogP contribution in [0.5, 0.6) is 0 Å². The summed E-state index contributed by atoms with van der Waals surface area (Å²) in [6.07, 6.45) is 4.51. The number of aryl methyl sites for hydroxylation is 2. The normalized spacial score (nSPS) is 18.7. The fraction of sp³-hybridized carbons (Fsp3) is 0.727. The van der Waals surface area contributed by atoms with Crippen molar-refractivity contribution >= 4 is 0 Å². The fourth-order valence-corrected chi connectivity index (χ4v) is 2.37. The van der Waals surface area contributed by atoms with E-state index in [1.54, 1.807) is 0 Å². The summed E-state index contributed by atoms with van der Waals surface area (Å²) in [6.45, 7) is 7.64. The van der Waals surface area contributed by atoms with Gasteiger partial charge < -0.3 is 5.32 Å². The number of piperidine rings is 1. The van der Waals surface area contributed by atoms with Crippen molar-refractivity contribution < 1.29 is 0 Å². The number of hydrogen-bond acceptors (Lipinski definition) is 2. The lowest BCUT2D eigenvalue weighted by Gasteiger charge is -2.24. The lowest BCUT2D eigenvalue weighted by atomic mass is 9.92. The van der Waals surface area contributed by atoms with Gasteiger partial charge in [0.2, 0.25) is 0 Å². The second-order valence-corrected chi connectivity index (χ2v) is 4.05. The van der Waals surface area contributed by atoms with E-state index in [0.29, 0.717) is 0 Å². The van der Waals surface area contributed by atoms with E-state index in [1.165, 1.54) is 24.1 Å². The molecule has 0 spiro atoms. The van der Waals surface area contributed by atoms with Crippen molar-refractivity contribution in [1.29, 1.82) is 0 Å². The van der Waals surface area contributed by atoms with E-state index >= 15 is 0 Å². The Morgan fingerprint density at radius 2 is 2.21 bits per heavy atom. The predicted molar refractivity (Wildman–Crippen MR) is 57.5 cm³/mol. The van der Waals surface area contributed by atoms with Gasteiger partial charge in [-0.25, -0.2) is 0 Å². The van der Waals surface area contributed by atoms with Gasteiger partial charge in [0.05, 0.1) is 6.20 Å². The van der Waals surface area contributed by atoms with Crippen molar-refractivity contribution in [2.24, 2.45) is 0 Å². The van der Waals surface area contributed by atoms with Gasteiger partial charge in [0.25, 0.3) is 0 Å². The molecule has 0 unspecified atom stereocenters. The van der Waals surface area contributed by atoms with Crippen LogP contribution in [0.4, 0.5) is 0 Å². The summed E-state index contributed by atoms with van der Waals surface area (Å²) in [4.78, 5) is 0. The molecular formula is C11H19N3. The molecule has 1 aliphatic rings. The van der Waals surface area contributed by atoms with Crippen LogP contribution in [0.1, 0.15) is 36.9 Å². The molecule has 1 aromatic heterocycles. The highest BCUT2D eigenvalue weighted by molar-refractivity contribution is 5.20. The molecule has 0 atom stereocenters. The molecule has 1 saturated heterocycles. The summed E-state index contributed by atoms with van der Waals surface area (Å²) < 4.78 is 2.16. The summed E-state index contributed by atoms with van der Waals surface area (Å²) >= 11 is 0. The summed E-state index contributed by atoms with van der Waals surface area (Å²) in [7, 11) is 0. The van der Waals surface area contributed by atoms with E-state index in [2.05, 4.69) is 28.9 Å². The zero-order valence-corrected chi connectivity index (χ0v) is 9.08. The van der Waals surface area contributed by atoms with Gasteiger partial charge in [0, 0.05) is 18.2 Å². The van der Waals surface area contributed by atoms with Crippen LogP contribution in [0, 0.1) is 6.92 Å². The minimum Gasteiger partial charge on any atom is -0.317 e. The third-order valence-corrected chi connectivity index (χ3v) is 3.10. The smallest absolute Gasteiger partial charge is 0.0521 e. The van der Waals surface area contributed by atoms with Gasteiger partial charge in [-0.05, 0) is 45.3 Å². The fourth-order valence-electron chi connectivity index (χ4n) is 2.37. The molecule has 1 N–H and O–H groups in total. The molecule has 0 aliphatic carbocycles. The standard InChI is InChI=1S/C11H19N3/c1-3-14-11(9(2)8-13-14)10-4-6-12-7-5-10/h8,10,12H,3-7H2,1-2H3. The Morgan fingerprint density at radius 1 is 1.50 bits per heavy atom. The van der Waals surface area contributed by atoms with Crippen LogP contribution in [0.25, 0.3) is 0 Å². The second kappa shape index (κ2) is 4.13. The third-order valence-electron chi connectivity index (χ3n) is 3.10. The first-order chi connectivity index (χ1) is 6.83. The topological polar surface area (TPSA) is 29.9 Å². The number of nitrogens with one attached hydrogen (secondary N) is 1. The Labute approximate surface area is 85.5 Å². The van der Waals surface area contributed by atoms with Crippen molar-refractivity contribution in [3.8, 4) is 0 Å². The third kappa shape index (κ3) is 1.69. The van der Waals surface area contributed by atoms with E-state index in [0.717, 1.165) is 25.6 Å². The molecule has 0 amide bonds. The molecule has 2 heterocycles. The average Bonchev–Trinajstić information content (AvgIpc) is 2.61. The van der Waals surface area contributed by atoms with Crippen molar-refractivity contribution in [3.05, 3.63) is 17.5 Å². The SMILES string of the molecule is CCn1ncc(C)c1C1CCNCC1. The van der Waals surface area contributed by atoms with E-state index in [4.69, 9.17) is 0 Å². The maximum Gasteiger partial charge on any atom is 0.0521 e. The molecular weight excluding hydrogens is 174 g/mol. The number of nitrogens with zero attached hydrogens (tertiary/aromatic N) is 2. The van der Waals surface area contributed by atoms with Crippen LogP contribution < -0.4 is 5.32 Å². The summed E-state index contributed by atoms with van der Waals surface area (Å²) in [5.74, 6) is 0.721. The van der Waals surface area contributed by atoms with E-state index in [-0.39, 0.29) is 0 Å². The van der Waals surface area contributed by atoms with Crippen molar-refractivity contribution in [2.45, 2.75) is 39.2 Å². The second-order valence-electron chi connectivity index (χ2n) is 4.05. The molecule has 0 bridgehead atoms. The van der Waals surface area contributed by atoms with Crippen LogP contribution >= 0.6 is 0 Å². The first-order valence-corrected chi connectivity index (χ1v) is 5.56. The highest BCUT2D eigenvalue weighted by Gasteiger charge is 2.20. The van der Waals surface area contributed by atoms with Gasteiger partial charge in [-0.15, -0.1) is 0 Å². The molecule has 0 radical (unpaired) electrons. The molecule has 3 heteroatoms. The van der Waals surface area contributed by atoms with E-state index in [9.17, 15) is 0 Å². The van der Waals surface area contributed by atoms with Crippen molar-refractivity contribution in [1.82, 2.24) is 15.1 Å². The van der Waals surface area contributed by atoms with Crippen LogP contribution in [-0.2, 0) is 6.54 Å². The van der Waals surface area contributed by atoms with Gasteiger partial charge in [-0.2, -0.15) is 5.10 Å². The van der Waals surface area contributed by atoms with Crippen LogP contribution in [-0.4, -0.2) is 22.9 Å². The van der Waals surface area contributed by atoms with Gasteiger partial charge in [0.1, 0.15) is 0 Å². The largest absolute Gasteiger partial charge is 0.317 e. The molecule has 78 valence electrons. The lowest BCUT2D eigenvalue weighted by Crippen LogP contribution is -2.28. The van der Waals surface area contributed by atoms with Crippen LogP contribution in [0.3, 0.4) is 0 Å². The van der Waals surface area contributed by atoms with Crippen molar-refractivity contribution in [2.75, 3.05) is 13.1 Å². The first kappa shape index (κ1) is 9.71. The molecule has 0 saturated carbocycles. The highest BCUT2D eigenvalue weighted by atomic mass is 15.3. The van der Waals surface area contributed by atoms with Gasteiger partial charge in [0.15, 0.2) is 0 Å². The summed E-state index contributed by atoms with van der Waals surface area (Å²) in [5, 5.41) is 7.81. The summed E-state index contributed by atoms with van der Waals surface area (Å²) in [6, 6.07) is 0. The molecule has 3 nitrogen and oxygen atoms in total. The summed E-state index contributed by atoms with van der Waals surface area (Å²) in [5.41, 5.74) is 2.83. The molecule has 1 aromatic rings. The zero-order valence-electron chi connectivity index (χ0n) is 9.08. The molecule has 0 aromatic carbocycles. The Hall–Kier alpha value is -0.830. The van der Waals surface area contributed by atoms with Crippen LogP contribution in [0.2, 0.25) is 0 Å². The monoisotopic (exact) mass is 193 g/mol. The zero-order chi connectivity index (χ0) is 9.97. The predicted octanol–water partition coefficient (Wildman–Crippen LogP) is 1.68. The molecule has 2 rings (SSSR count). The maximum absolute atomic E-state index is 4.41. The Morgan fingerprint density at radius 3 is 2.86 bits per heavy atom. The van der Waals surface area contributed by atoms with Crippen LogP contribution in [0.15, 0.2) is 6.20 Å². The quantitative estimate of drug-likeness (QED) is 0.774. The molecule has 14 heavy (non-hydrogen) atoms. The van der Waals surface area contributed by atoms with Gasteiger partial charge in [-0.1, -0.05) is 0 Å². The first-order valence-electron chi connectivity index (χ1n) is 5.56. The van der Waals surface area contributed by atoms with Crippen molar-refractivity contribution in [3.63, 3.8) is 0 Å². The minimum atomic E-state index is 0.721.